The van der Waals surface area contributed by atoms with Crippen LogP contribution < -0.4 is 0 Å². The number of hydrogen-bond acceptors (Lipinski definition) is 2. The van der Waals surface area contributed by atoms with Crippen LogP contribution in [0.25, 0.3) is 0 Å². The Balaban J connectivity index is 3.18. The summed E-state index contributed by atoms with van der Waals surface area (Å²) in [6.07, 6.45) is -0.936. The summed E-state index contributed by atoms with van der Waals surface area (Å²) in [5.41, 5.74) is -0.512. The lowest BCUT2D eigenvalue weighted by atomic mass is 10.1. The summed E-state index contributed by atoms with van der Waals surface area (Å²) in [6.45, 7) is 1.69. The van der Waals surface area contributed by atoms with Crippen LogP contribution in [0.2, 0.25) is 0 Å². The first kappa shape index (κ1) is 11.4. The highest BCUT2D eigenvalue weighted by Crippen LogP contribution is 2.31. The number of alkyl halides is 3. The SMILES string of the molecule is CCc1cc(SC)cnc1C(F)(F)F. The van der Waals surface area contributed by atoms with Crippen LogP contribution in [-0.2, 0) is 12.6 Å². The summed E-state index contributed by atoms with van der Waals surface area (Å²) in [7, 11) is 0. The van der Waals surface area contributed by atoms with Crippen molar-refractivity contribution in [1.29, 1.82) is 0 Å². The Morgan fingerprint density at radius 2 is 2.07 bits per heavy atom. The topological polar surface area (TPSA) is 12.9 Å². The highest BCUT2D eigenvalue weighted by Gasteiger charge is 2.34. The second kappa shape index (κ2) is 4.21. The molecule has 0 saturated heterocycles. The minimum atomic E-state index is -4.34. The smallest absolute Gasteiger partial charge is 0.250 e. The minimum absolute atomic E-state index is 0.254. The Morgan fingerprint density at radius 3 is 2.50 bits per heavy atom. The number of aryl methyl sites for hydroxylation is 1. The third-order valence-electron chi connectivity index (χ3n) is 1.83. The van der Waals surface area contributed by atoms with E-state index in [0.29, 0.717) is 6.42 Å². The third-order valence-corrected chi connectivity index (χ3v) is 2.52. The van der Waals surface area contributed by atoms with Crippen molar-refractivity contribution >= 4 is 11.8 Å². The minimum Gasteiger partial charge on any atom is -0.250 e. The summed E-state index contributed by atoms with van der Waals surface area (Å²) in [5.74, 6) is 0. The van der Waals surface area contributed by atoms with Gasteiger partial charge in [0.15, 0.2) is 0 Å². The fourth-order valence-electron chi connectivity index (χ4n) is 1.12. The van der Waals surface area contributed by atoms with Gasteiger partial charge >= 0.3 is 6.18 Å². The summed E-state index contributed by atoms with van der Waals surface area (Å²) in [6, 6.07) is 1.54. The molecule has 1 nitrogen and oxygen atoms in total. The molecule has 0 amide bonds. The van der Waals surface area contributed by atoms with Gasteiger partial charge in [0.05, 0.1) is 0 Å². The lowest BCUT2D eigenvalue weighted by Gasteiger charge is -2.10. The zero-order chi connectivity index (χ0) is 10.8. The molecule has 0 aliphatic heterocycles. The van der Waals surface area contributed by atoms with Gasteiger partial charge in [0.2, 0.25) is 0 Å². The molecule has 0 aliphatic carbocycles. The molecule has 0 fully saturated rings. The van der Waals surface area contributed by atoms with Gasteiger partial charge in [0.25, 0.3) is 0 Å². The molecular weight excluding hydrogens is 211 g/mol. The molecule has 78 valence electrons. The van der Waals surface area contributed by atoms with Gasteiger partial charge in [-0.15, -0.1) is 11.8 Å². The van der Waals surface area contributed by atoms with Crippen LogP contribution >= 0.6 is 11.8 Å². The Hall–Kier alpha value is -0.710. The lowest BCUT2D eigenvalue weighted by Crippen LogP contribution is -2.11. The molecule has 0 atom stereocenters. The molecule has 1 rings (SSSR count). The molecule has 0 aliphatic rings. The second-order valence-corrected chi connectivity index (χ2v) is 3.61. The van der Waals surface area contributed by atoms with E-state index < -0.39 is 11.9 Å². The average molecular weight is 221 g/mol. The predicted octanol–water partition coefficient (Wildman–Crippen LogP) is 3.38. The van der Waals surface area contributed by atoms with E-state index in [4.69, 9.17) is 0 Å². The fourth-order valence-corrected chi connectivity index (χ4v) is 1.54. The summed E-state index contributed by atoms with van der Waals surface area (Å²) < 4.78 is 37.2. The number of hydrogen-bond donors (Lipinski definition) is 0. The van der Waals surface area contributed by atoms with E-state index in [2.05, 4.69) is 4.98 Å². The van der Waals surface area contributed by atoms with Gasteiger partial charge in [0, 0.05) is 11.1 Å². The second-order valence-electron chi connectivity index (χ2n) is 2.73. The van der Waals surface area contributed by atoms with Crippen molar-refractivity contribution in [2.45, 2.75) is 24.4 Å². The van der Waals surface area contributed by atoms with Crippen molar-refractivity contribution in [2.75, 3.05) is 6.26 Å². The first-order valence-corrected chi connectivity index (χ1v) is 5.31. The van der Waals surface area contributed by atoms with Crippen molar-refractivity contribution in [2.24, 2.45) is 0 Å². The van der Waals surface area contributed by atoms with Crippen molar-refractivity contribution in [3.05, 3.63) is 23.5 Å². The van der Waals surface area contributed by atoms with Crippen LogP contribution in [0.4, 0.5) is 13.2 Å². The maximum atomic E-state index is 12.4. The largest absolute Gasteiger partial charge is 0.433 e. The fraction of sp³-hybridized carbons (Fsp3) is 0.444. The van der Waals surface area contributed by atoms with Crippen molar-refractivity contribution in [1.82, 2.24) is 4.98 Å². The lowest BCUT2D eigenvalue weighted by molar-refractivity contribution is -0.141. The normalized spacial score (nSPS) is 11.8. The van der Waals surface area contributed by atoms with Crippen LogP contribution in [0.15, 0.2) is 17.2 Å². The van der Waals surface area contributed by atoms with Gasteiger partial charge < -0.3 is 0 Å². The van der Waals surface area contributed by atoms with Crippen LogP contribution in [0.5, 0.6) is 0 Å². The summed E-state index contributed by atoms with van der Waals surface area (Å²) >= 11 is 1.39. The number of nitrogens with zero attached hydrogens (tertiary/aromatic N) is 1. The molecule has 0 radical (unpaired) electrons. The van der Waals surface area contributed by atoms with Gasteiger partial charge in [0.1, 0.15) is 5.69 Å². The zero-order valence-corrected chi connectivity index (χ0v) is 8.67. The number of rotatable bonds is 2. The van der Waals surface area contributed by atoms with Crippen molar-refractivity contribution < 1.29 is 13.2 Å². The summed E-state index contributed by atoms with van der Waals surface area (Å²) in [4.78, 5) is 4.20. The molecule has 5 heteroatoms. The number of thioether (sulfide) groups is 1. The van der Waals surface area contributed by atoms with Crippen LogP contribution in [0.3, 0.4) is 0 Å². The van der Waals surface area contributed by atoms with E-state index in [1.807, 2.05) is 6.26 Å². The zero-order valence-electron chi connectivity index (χ0n) is 7.85. The highest BCUT2D eigenvalue weighted by molar-refractivity contribution is 7.98. The molecule has 0 aromatic carbocycles. The maximum absolute atomic E-state index is 12.4. The van der Waals surface area contributed by atoms with Crippen LogP contribution in [0.1, 0.15) is 18.2 Å². The molecule has 0 bridgehead atoms. The number of halogens is 3. The van der Waals surface area contributed by atoms with E-state index in [0.717, 1.165) is 4.90 Å². The van der Waals surface area contributed by atoms with Gasteiger partial charge in [-0.3, -0.25) is 4.98 Å². The molecule has 0 spiro atoms. The first-order chi connectivity index (χ1) is 6.49. The van der Waals surface area contributed by atoms with Gasteiger partial charge in [-0.05, 0) is 24.3 Å². The molecule has 0 saturated carbocycles. The standard InChI is InChI=1S/C9H10F3NS/c1-3-6-4-7(14-2)5-13-8(6)9(10,11)12/h4-5H,3H2,1-2H3. The maximum Gasteiger partial charge on any atom is 0.433 e. The predicted molar refractivity (Wildman–Crippen MR) is 50.4 cm³/mol. The summed E-state index contributed by atoms with van der Waals surface area (Å²) in [5, 5.41) is 0. The number of aromatic nitrogens is 1. The van der Waals surface area contributed by atoms with Gasteiger partial charge in [-0.1, -0.05) is 6.92 Å². The van der Waals surface area contributed by atoms with Crippen molar-refractivity contribution in [3.8, 4) is 0 Å². The highest BCUT2D eigenvalue weighted by atomic mass is 32.2. The molecule has 14 heavy (non-hydrogen) atoms. The van der Waals surface area contributed by atoms with E-state index in [-0.39, 0.29) is 5.56 Å². The Labute approximate surface area is 84.7 Å². The number of pyridine rings is 1. The molecule has 1 aromatic heterocycles. The van der Waals surface area contributed by atoms with Gasteiger partial charge in [-0.25, -0.2) is 0 Å². The molecular formula is C9H10F3NS. The third kappa shape index (κ3) is 2.41. The van der Waals surface area contributed by atoms with E-state index in [9.17, 15) is 13.2 Å². The molecule has 0 unspecified atom stereocenters. The Bertz CT molecular complexity index is 322. The van der Waals surface area contributed by atoms with E-state index >= 15 is 0 Å². The van der Waals surface area contributed by atoms with Gasteiger partial charge in [-0.2, -0.15) is 13.2 Å². The van der Waals surface area contributed by atoms with Crippen LogP contribution in [-0.4, -0.2) is 11.2 Å². The first-order valence-electron chi connectivity index (χ1n) is 4.09. The Kier molecular flexibility index (Phi) is 3.42. The average Bonchev–Trinajstić information content (AvgIpc) is 2.15. The van der Waals surface area contributed by atoms with Crippen LogP contribution in [0, 0.1) is 0 Å². The van der Waals surface area contributed by atoms with E-state index in [1.54, 1.807) is 13.0 Å². The van der Waals surface area contributed by atoms with E-state index in [1.165, 1.54) is 18.0 Å². The quantitative estimate of drug-likeness (QED) is 0.710. The Morgan fingerprint density at radius 1 is 1.43 bits per heavy atom. The molecule has 1 aromatic rings. The molecule has 0 N–H and O–H groups in total. The monoisotopic (exact) mass is 221 g/mol. The van der Waals surface area contributed by atoms with Crippen molar-refractivity contribution in [3.63, 3.8) is 0 Å². The molecule has 1 heterocycles.